The van der Waals surface area contributed by atoms with Crippen LogP contribution in [0.25, 0.3) is 45.0 Å². The van der Waals surface area contributed by atoms with Gasteiger partial charge in [-0.3, -0.25) is 0 Å². The van der Waals surface area contributed by atoms with Crippen LogP contribution in [0.2, 0.25) is 0 Å². The van der Waals surface area contributed by atoms with Crippen molar-refractivity contribution in [3.63, 3.8) is 0 Å². The van der Waals surface area contributed by atoms with Crippen molar-refractivity contribution < 1.29 is 0 Å². The van der Waals surface area contributed by atoms with Gasteiger partial charge in [0.05, 0.1) is 0 Å². The zero-order valence-corrected chi connectivity index (χ0v) is 17.6. The van der Waals surface area contributed by atoms with E-state index in [2.05, 4.69) is 73.2 Å². The Morgan fingerprint density at radius 2 is 1.00 bits per heavy atom. The summed E-state index contributed by atoms with van der Waals surface area (Å²) < 4.78 is 0. The second-order valence-electron chi connectivity index (χ2n) is 7.60. The Hall–Kier alpha value is -4.11. The molecule has 1 aromatic heterocycles. The third kappa shape index (κ3) is 4.19. The first kappa shape index (κ1) is 19.8. The van der Waals surface area contributed by atoms with Crippen molar-refractivity contribution >= 4 is 18.9 Å². The summed E-state index contributed by atoms with van der Waals surface area (Å²) in [5, 5.41) is 0. The molecule has 0 saturated heterocycles. The van der Waals surface area contributed by atoms with E-state index in [1.807, 2.05) is 55.5 Å². The second kappa shape index (κ2) is 8.95. The number of benzene rings is 4. The van der Waals surface area contributed by atoms with Crippen LogP contribution in [0.3, 0.4) is 0 Å². The van der Waals surface area contributed by atoms with E-state index in [1.54, 1.807) is 0 Å². The molecule has 0 aliphatic carbocycles. The monoisotopic (exact) mass is 408 g/mol. The van der Waals surface area contributed by atoms with Gasteiger partial charge in [0.2, 0.25) is 0 Å². The number of hydrogen-bond acceptors (Lipinski definition) is 2. The van der Waals surface area contributed by atoms with Crippen LogP contribution in [0, 0.1) is 0 Å². The summed E-state index contributed by atoms with van der Waals surface area (Å²) in [6.45, 7) is 5.75. The average Bonchev–Trinajstić information content (AvgIpc) is 2.89. The first-order chi connectivity index (χ1) is 15.8. The second-order valence-corrected chi connectivity index (χ2v) is 7.60. The van der Waals surface area contributed by atoms with Gasteiger partial charge in [0.25, 0.3) is 0 Å². The van der Waals surface area contributed by atoms with Crippen molar-refractivity contribution in [2.75, 3.05) is 0 Å². The molecule has 0 amide bonds. The molecule has 1 heterocycles. The SMILES string of the molecule is C=Bc1cccc(-c2cc(-c3ccc(-c4ccccc4)cc3)nc(-c3ccccc3)n2)c1. The van der Waals surface area contributed by atoms with E-state index in [1.165, 1.54) is 11.1 Å². The van der Waals surface area contributed by atoms with Gasteiger partial charge in [0.1, 0.15) is 0 Å². The third-order valence-electron chi connectivity index (χ3n) is 5.46. The summed E-state index contributed by atoms with van der Waals surface area (Å²) >= 11 is 0. The molecular formula is C29H21BN2. The number of hydrogen-bond donors (Lipinski definition) is 0. The molecule has 5 aromatic rings. The molecule has 0 saturated carbocycles. The molecule has 150 valence electrons. The fourth-order valence-corrected chi connectivity index (χ4v) is 3.75. The summed E-state index contributed by atoms with van der Waals surface area (Å²) in [7, 11) is 0. The van der Waals surface area contributed by atoms with Crippen LogP contribution in [-0.2, 0) is 0 Å². The molecule has 0 N–H and O–H groups in total. The first-order valence-corrected chi connectivity index (χ1v) is 10.6. The predicted octanol–water partition coefficient (Wildman–Crippen LogP) is 5.91. The Balaban J connectivity index is 1.62. The molecule has 0 spiro atoms. The van der Waals surface area contributed by atoms with Crippen LogP contribution in [0.15, 0.2) is 115 Å². The molecule has 0 fully saturated rings. The van der Waals surface area contributed by atoms with Gasteiger partial charge in [-0.1, -0.05) is 18.2 Å². The molecular weight excluding hydrogens is 387 g/mol. The fraction of sp³-hybridized carbons (Fsp3) is 0. The molecule has 5 rings (SSSR count). The van der Waals surface area contributed by atoms with Crippen LogP contribution in [0.4, 0.5) is 0 Å². The van der Waals surface area contributed by atoms with Crippen molar-refractivity contribution in [1.82, 2.24) is 9.97 Å². The average molecular weight is 408 g/mol. The Labute approximate surface area is 189 Å². The van der Waals surface area contributed by atoms with Gasteiger partial charge in [-0.2, -0.15) is 0 Å². The van der Waals surface area contributed by atoms with Gasteiger partial charge >= 0.3 is 171 Å². The molecule has 0 atom stereocenters. The fourth-order valence-electron chi connectivity index (χ4n) is 3.75. The molecule has 2 nitrogen and oxygen atoms in total. The van der Waals surface area contributed by atoms with E-state index in [0.717, 1.165) is 33.5 Å². The van der Waals surface area contributed by atoms with E-state index >= 15 is 0 Å². The van der Waals surface area contributed by atoms with E-state index in [9.17, 15) is 0 Å². The quantitative estimate of drug-likeness (QED) is 0.338. The summed E-state index contributed by atoms with van der Waals surface area (Å²) in [5.74, 6) is 0.717. The Bertz CT molecular complexity index is 1360. The minimum atomic E-state index is 0.717. The molecule has 4 aromatic carbocycles. The maximum atomic E-state index is 4.91. The van der Waals surface area contributed by atoms with Gasteiger partial charge in [-0.25, -0.2) is 0 Å². The van der Waals surface area contributed by atoms with Gasteiger partial charge < -0.3 is 0 Å². The Morgan fingerprint density at radius 3 is 1.66 bits per heavy atom. The van der Waals surface area contributed by atoms with Crippen LogP contribution in [0.1, 0.15) is 0 Å². The van der Waals surface area contributed by atoms with Crippen molar-refractivity contribution in [3.8, 4) is 45.0 Å². The molecule has 0 bridgehead atoms. The molecule has 0 aliphatic heterocycles. The van der Waals surface area contributed by atoms with Crippen molar-refractivity contribution in [2.24, 2.45) is 0 Å². The van der Waals surface area contributed by atoms with E-state index in [4.69, 9.17) is 9.97 Å². The molecule has 32 heavy (non-hydrogen) atoms. The molecule has 0 unspecified atom stereocenters. The third-order valence-corrected chi connectivity index (χ3v) is 5.46. The van der Waals surface area contributed by atoms with Gasteiger partial charge in [0.15, 0.2) is 0 Å². The number of aromatic nitrogens is 2. The summed E-state index contributed by atoms with van der Waals surface area (Å²) in [6, 6.07) is 39.4. The standard InChI is InChI=1S/C29H21BN2/c1-30-26-14-8-13-25(19-26)28-20-27(31-29(32-28)24-11-6-3-7-12-24)23-17-15-22(16-18-23)21-9-4-2-5-10-21/h2-20H,1H2. The number of nitrogens with zero attached hydrogens (tertiary/aromatic N) is 2. The van der Waals surface area contributed by atoms with E-state index in [-0.39, 0.29) is 0 Å². The Morgan fingerprint density at radius 1 is 0.469 bits per heavy atom. The van der Waals surface area contributed by atoms with Crippen molar-refractivity contribution in [2.45, 2.75) is 0 Å². The van der Waals surface area contributed by atoms with Crippen LogP contribution >= 0.6 is 0 Å². The molecule has 0 aliphatic rings. The first-order valence-electron chi connectivity index (χ1n) is 10.6. The van der Waals surface area contributed by atoms with Crippen LogP contribution in [0.5, 0.6) is 0 Å². The summed E-state index contributed by atoms with van der Waals surface area (Å²) in [4.78, 5) is 9.81. The zero-order valence-electron chi connectivity index (χ0n) is 17.6. The van der Waals surface area contributed by atoms with Gasteiger partial charge in [-0.15, -0.1) is 0 Å². The predicted molar refractivity (Wildman–Crippen MR) is 136 cm³/mol. The van der Waals surface area contributed by atoms with Crippen LogP contribution in [-0.4, -0.2) is 23.4 Å². The minimum absolute atomic E-state index is 0.717. The van der Waals surface area contributed by atoms with E-state index in [0.29, 0.717) is 5.82 Å². The maximum absolute atomic E-state index is 4.91. The topological polar surface area (TPSA) is 25.8 Å². The van der Waals surface area contributed by atoms with Gasteiger partial charge in [0, 0.05) is 0 Å². The van der Waals surface area contributed by atoms with Crippen LogP contribution < -0.4 is 5.46 Å². The van der Waals surface area contributed by atoms with Gasteiger partial charge in [-0.05, 0) is 0 Å². The molecule has 0 radical (unpaired) electrons. The number of rotatable bonds is 5. The normalized spacial score (nSPS) is 10.5. The van der Waals surface area contributed by atoms with Crippen molar-refractivity contribution in [3.05, 3.63) is 115 Å². The zero-order chi connectivity index (χ0) is 21.8. The van der Waals surface area contributed by atoms with E-state index < -0.39 is 0 Å². The summed E-state index contributed by atoms with van der Waals surface area (Å²) in [6.07, 6.45) is 0. The molecule has 3 heteroatoms. The Kier molecular flexibility index (Phi) is 5.55. The summed E-state index contributed by atoms with van der Waals surface area (Å²) in [5.41, 5.74) is 8.35. The van der Waals surface area contributed by atoms with Crippen molar-refractivity contribution in [1.29, 1.82) is 0 Å².